The quantitative estimate of drug-likeness (QED) is 0.555. The van der Waals surface area contributed by atoms with Gasteiger partial charge in [-0.2, -0.15) is 0 Å². The number of anilines is 1. The van der Waals surface area contributed by atoms with Crippen LogP contribution in [0.2, 0.25) is 0 Å². The first-order valence-electron chi connectivity index (χ1n) is 9.09. The fourth-order valence-electron chi connectivity index (χ4n) is 3.44. The molecule has 0 bridgehead atoms. The minimum absolute atomic E-state index is 0.115. The zero-order chi connectivity index (χ0) is 20.5. The first-order valence-corrected chi connectivity index (χ1v) is 9.09. The fourth-order valence-corrected chi connectivity index (χ4v) is 3.44. The highest BCUT2D eigenvalue weighted by Crippen LogP contribution is 2.29. The molecule has 3 rings (SSSR count). The van der Waals surface area contributed by atoms with Crippen LogP contribution >= 0.6 is 0 Å². The van der Waals surface area contributed by atoms with E-state index < -0.39 is 11.6 Å². The third kappa shape index (κ3) is 3.71. The van der Waals surface area contributed by atoms with E-state index >= 15 is 0 Å². The Bertz CT molecular complexity index is 1010. The summed E-state index contributed by atoms with van der Waals surface area (Å²) in [4.78, 5) is 26.8. The van der Waals surface area contributed by atoms with Crippen molar-refractivity contribution in [2.24, 2.45) is 5.90 Å². The molecule has 0 fully saturated rings. The number of aryl methyl sites for hydroxylation is 1. The van der Waals surface area contributed by atoms with E-state index in [0.29, 0.717) is 36.7 Å². The van der Waals surface area contributed by atoms with Crippen molar-refractivity contribution in [3.63, 3.8) is 0 Å². The number of fused-ring (bicyclic) bond motifs is 3. The number of imidazole rings is 1. The maximum Gasteiger partial charge on any atom is 0.407 e. The summed E-state index contributed by atoms with van der Waals surface area (Å²) in [7, 11) is 0. The standard InChI is InChI=1S/C19H26N6O3/c1-19(2,3)25(18(26)27)10-6-9-24-14(11-28-21)23-15-16(24)12-7-4-5-8-13(12)22-17(15)20/h4-5,7-8H,6,9-11,21H2,1-3H3,(H2,20,22)(H,26,27). The van der Waals surface area contributed by atoms with Gasteiger partial charge in [0.15, 0.2) is 5.82 Å². The van der Waals surface area contributed by atoms with Crippen molar-refractivity contribution < 1.29 is 14.7 Å². The average molecular weight is 386 g/mol. The molecule has 0 saturated heterocycles. The second-order valence-corrected chi connectivity index (χ2v) is 7.66. The Labute approximate surface area is 162 Å². The highest BCUT2D eigenvalue weighted by atomic mass is 16.6. The molecule has 5 N–H and O–H groups in total. The van der Waals surface area contributed by atoms with Gasteiger partial charge in [-0.15, -0.1) is 0 Å². The molecule has 0 atom stereocenters. The zero-order valence-electron chi connectivity index (χ0n) is 16.3. The summed E-state index contributed by atoms with van der Waals surface area (Å²) in [5.41, 5.74) is 7.87. The van der Waals surface area contributed by atoms with Gasteiger partial charge in [0.2, 0.25) is 0 Å². The Morgan fingerprint density at radius 1 is 1.29 bits per heavy atom. The van der Waals surface area contributed by atoms with E-state index in [0.717, 1.165) is 16.4 Å². The number of benzene rings is 1. The van der Waals surface area contributed by atoms with Crippen molar-refractivity contribution in [1.82, 2.24) is 19.4 Å². The average Bonchev–Trinajstić information content (AvgIpc) is 2.97. The van der Waals surface area contributed by atoms with E-state index in [1.807, 2.05) is 49.6 Å². The largest absolute Gasteiger partial charge is 0.465 e. The second kappa shape index (κ2) is 7.61. The van der Waals surface area contributed by atoms with Gasteiger partial charge >= 0.3 is 6.09 Å². The van der Waals surface area contributed by atoms with Crippen LogP contribution in [0.3, 0.4) is 0 Å². The van der Waals surface area contributed by atoms with Crippen molar-refractivity contribution in [3.05, 3.63) is 30.1 Å². The summed E-state index contributed by atoms with van der Waals surface area (Å²) in [6.45, 7) is 6.68. The number of hydrogen-bond donors (Lipinski definition) is 3. The molecule has 0 unspecified atom stereocenters. The first kappa shape index (κ1) is 19.8. The van der Waals surface area contributed by atoms with Gasteiger partial charge in [0, 0.05) is 24.0 Å². The van der Waals surface area contributed by atoms with E-state index in [1.165, 1.54) is 4.90 Å². The summed E-state index contributed by atoms with van der Waals surface area (Å²) in [5.74, 6) is 6.25. The minimum atomic E-state index is -0.938. The molecule has 3 aromatic rings. The molecular formula is C19H26N6O3. The number of nitrogen functional groups attached to an aromatic ring is 1. The van der Waals surface area contributed by atoms with Crippen LogP contribution in [0, 0.1) is 0 Å². The summed E-state index contributed by atoms with van der Waals surface area (Å²) < 4.78 is 1.99. The number of nitrogens with zero attached hydrogens (tertiary/aromatic N) is 4. The lowest BCUT2D eigenvalue weighted by molar-refractivity contribution is 0.0978. The fraction of sp³-hybridized carbons (Fsp3) is 0.421. The predicted molar refractivity (Wildman–Crippen MR) is 108 cm³/mol. The normalized spacial score (nSPS) is 12.0. The number of hydrogen-bond acceptors (Lipinski definition) is 6. The highest BCUT2D eigenvalue weighted by Gasteiger charge is 2.26. The minimum Gasteiger partial charge on any atom is -0.465 e. The monoisotopic (exact) mass is 386 g/mol. The van der Waals surface area contributed by atoms with Gasteiger partial charge in [0.25, 0.3) is 0 Å². The highest BCUT2D eigenvalue weighted by molar-refractivity contribution is 6.06. The molecule has 150 valence electrons. The van der Waals surface area contributed by atoms with Crippen LogP contribution in [0.4, 0.5) is 10.6 Å². The first-order chi connectivity index (χ1) is 13.2. The molecule has 0 aliphatic carbocycles. The SMILES string of the molecule is CC(C)(C)N(CCCn1c(CON)nc2c(N)nc3ccccc3c21)C(=O)O. The number of pyridine rings is 1. The molecule has 0 aliphatic rings. The van der Waals surface area contributed by atoms with Gasteiger partial charge in [-0.3, -0.25) is 4.84 Å². The van der Waals surface area contributed by atoms with Gasteiger partial charge in [-0.05, 0) is 33.3 Å². The number of nitrogens with two attached hydrogens (primary N) is 2. The van der Waals surface area contributed by atoms with Crippen LogP contribution in [-0.4, -0.2) is 42.7 Å². The molecule has 28 heavy (non-hydrogen) atoms. The topological polar surface area (TPSA) is 133 Å². The van der Waals surface area contributed by atoms with Gasteiger partial charge in [-0.1, -0.05) is 18.2 Å². The van der Waals surface area contributed by atoms with Crippen molar-refractivity contribution >= 4 is 33.8 Å². The van der Waals surface area contributed by atoms with E-state index in [9.17, 15) is 9.90 Å². The Morgan fingerprint density at radius 2 is 2.00 bits per heavy atom. The molecule has 1 amide bonds. The van der Waals surface area contributed by atoms with Crippen LogP contribution in [0.5, 0.6) is 0 Å². The number of para-hydroxylation sites is 1. The summed E-state index contributed by atoms with van der Waals surface area (Å²) in [5, 5.41) is 10.4. The maximum atomic E-state index is 11.6. The van der Waals surface area contributed by atoms with Crippen LogP contribution in [-0.2, 0) is 18.0 Å². The van der Waals surface area contributed by atoms with Gasteiger partial charge in [0.05, 0.1) is 11.0 Å². The predicted octanol–water partition coefficient (Wildman–Crippen LogP) is 2.73. The van der Waals surface area contributed by atoms with Crippen LogP contribution in [0.25, 0.3) is 21.9 Å². The zero-order valence-corrected chi connectivity index (χ0v) is 16.3. The summed E-state index contributed by atoms with van der Waals surface area (Å²) in [6, 6.07) is 7.70. The van der Waals surface area contributed by atoms with Crippen molar-refractivity contribution in [1.29, 1.82) is 0 Å². The number of carbonyl (C=O) groups is 1. The molecule has 2 aromatic heterocycles. The Morgan fingerprint density at radius 3 is 2.64 bits per heavy atom. The maximum absolute atomic E-state index is 11.6. The van der Waals surface area contributed by atoms with Gasteiger partial charge < -0.3 is 20.3 Å². The molecular weight excluding hydrogens is 360 g/mol. The number of rotatable bonds is 6. The summed E-state index contributed by atoms with van der Waals surface area (Å²) >= 11 is 0. The molecule has 1 aromatic carbocycles. The lowest BCUT2D eigenvalue weighted by atomic mass is 10.1. The van der Waals surface area contributed by atoms with E-state index in [2.05, 4.69) is 9.97 Å². The number of amides is 1. The molecule has 0 aliphatic heterocycles. The molecule has 0 saturated carbocycles. The number of aromatic nitrogens is 3. The third-order valence-corrected chi connectivity index (χ3v) is 4.71. The lowest BCUT2D eigenvalue weighted by Crippen LogP contribution is -2.45. The smallest absolute Gasteiger partial charge is 0.407 e. The Hall–Kier alpha value is -2.91. The third-order valence-electron chi connectivity index (χ3n) is 4.71. The lowest BCUT2D eigenvalue weighted by Gasteiger charge is -2.33. The molecule has 2 heterocycles. The van der Waals surface area contributed by atoms with E-state index in [4.69, 9.17) is 16.5 Å². The van der Waals surface area contributed by atoms with Crippen molar-refractivity contribution in [2.75, 3.05) is 12.3 Å². The van der Waals surface area contributed by atoms with E-state index in [1.54, 1.807) is 0 Å². The Balaban J connectivity index is 2.01. The Kier molecular flexibility index (Phi) is 5.39. The molecule has 0 radical (unpaired) electrons. The van der Waals surface area contributed by atoms with E-state index in [-0.39, 0.29) is 6.61 Å². The van der Waals surface area contributed by atoms with Gasteiger partial charge in [-0.25, -0.2) is 20.7 Å². The molecule has 9 heteroatoms. The van der Waals surface area contributed by atoms with Crippen LogP contribution in [0.1, 0.15) is 33.0 Å². The molecule has 9 nitrogen and oxygen atoms in total. The van der Waals surface area contributed by atoms with Crippen molar-refractivity contribution in [2.45, 2.75) is 45.9 Å². The second-order valence-electron chi connectivity index (χ2n) is 7.66. The van der Waals surface area contributed by atoms with Crippen molar-refractivity contribution in [3.8, 4) is 0 Å². The van der Waals surface area contributed by atoms with Crippen LogP contribution in [0.15, 0.2) is 24.3 Å². The van der Waals surface area contributed by atoms with Gasteiger partial charge in [0.1, 0.15) is 17.9 Å². The number of carboxylic acid groups (broad SMARTS) is 1. The van der Waals surface area contributed by atoms with Crippen LogP contribution < -0.4 is 11.6 Å². The molecule has 0 spiro atoms. The summed E-state index contributed by atoms with van der Waals surface area (Å²) in [6.07, 6.45) is -0.337.